The number of benzene rings is 1. The molecule has 3 rings (SSSR count). The van der Waals surface area contributed by atoms with Crippen LogP contribution in [0.1, 0.15) is 57.4 Å². The van der Waals surface area contributed by atoms with E-state index in [-0.39, 0.29) is 12.6 Å². The molecule has 0 radical (unpaired) electrons. The highest BCUT2D eigenvalue weighted by molar-refractivity contribution is 5.94. The van der Waals surface area contributed by atoms with Crippen LogP contribution in [0.15, 0.2) is 24.3 Å². The molecule has 2 N–H and O–H groups in total. The van der Waals surface area contributed by atoms with Crippen molar-refractivity contribution in [3.8, 4) is 11.4 Å². The standard InChI is InChI=1S/C19H26N6O2/c1-13(2)14-8-10-15(11-9-14)18-22-24-25(23-18)12-17(26)21-19(27)20-16-6-4-3-5-7-16/h8-11,13,16H,3-7,12H2,1-2H3,(H2,20,21,26,27). The van der Waals surface area contributed by atoms with Crippen LogP contribution in [-0.4, -0.2) is 38.2 Å². The number of tetrazole rings is 1. The van der Waals surface area contributed by atoms with Gasteiger partial charge in [-0.2, -0.15) is 4.80 Å². The lowest BCUT2D eigenvalue weighted by atomic mass is 9.96. The molecule has 1 fully saturated rings. The SMILES string of the molecule is CC(C)c1ccc(-c2nnn(CC(=O)NC(=O)NC3CCCCC3)n2)cc1. The number of carbonyl (C=O) groups is 2. The van der Waals surface area contributed by atoms with Gasteiger partial charge < -0.3 is 5.32 Å². The monoisotopic (exact) mass is 370 g/mol. The van der Waals surface area contributed by atoms with Crippen molar-refractivity contribution in [2.45, 2.75) is 64.5 Å². The number of rotatable bonds is 5. The lowest BCUT2D eigenvalue weighted by molar-refractivity contribution is -0.121. The van der Waals surface area contributed by atoms with Gasteiger partial charge in [-0.15, -0.1) is 10.2 Å². The van der Waals surface area contributed by atoms with Crippen LogP contribution < -0.4 is 10.6 Å². The van der Waals surface area contributed by atoms with Crippen LogP contribution in [-0.2, 0) is 11.3 Å². The van der Waals surface area contributed by atoms with Crippen LogP contribution in [0, 0.1) is 0 Å². The second-order valence-electron chi connectivity index (χ2n) is 7.28. The molecule has 1 aromatic carbocycles. The molecule has 0 atom stereocenters. The summed E-state index contributed by atoms with van der Waals surface area (Å²) in [6.45, 7) is 4.11. The Morgan fingerprint density at radius 2 is 1.85 bits per heavy atom. The summed E-state index contributed by atoms with van der Waals surface area (Å²) in [4.78, 5) is 25.1. The molecule has 0 aliphatic heterocycles. The zero-order valence-electron chi connectivity index (χ0n) is 15.8. The second-order valence-corrected chi connectivity index (χ2v) is 7.28. The zero-order valence-corrected chi connectivity index (χ0v) is 15.8. The average Bonchev–Trinajstić information content (AvgIpc) is 3.10. The van der Waals surface area contributed by atoms with E-state index in [1.807, 2.05) is 24.3 Å². The van der Waals surface area contributed by atoms with Crippen LogP contribution in [0.2, 0.25) is 0 Å². The molecule has 0 saturated heterocycles. The van der Waals surface area contributed by atoms with Gasteiger partial charge in [0.15, 0.2) is 0 Å². The van der Waals surface area contributed by atoms with E-state index in [2.05, 4.69) is 39.9 Å². The van der Waals surface area contributed by atoms with Crippen LogP contribution in [0.4, 0.5) is 4.79 Å². The lowest BCUT2D eigenvalue weighted by Gasteiger charge is -2.22. The number of hydrogen-bond donors (Lipinski definition) is 2. The molecule has 144 valence electrons. The fraction of sp³-hybridized carbons (Fsp3) is 0.526. The van der Waals surface area contributed by atoms with Crippen molar-refractivity contribution in [1.82, 2.24) is 30.8 Å². The van der Waals surface area contributed by atoms with Crippen molar-refractivity contribution in [2.24, 2.45) is 0 Å². The summed E-state index contributed by atoms with van der Waals surface area (Å²) in [5.41, 5.74) is 2.07. The number of carbonyl (C=O) groups excluding carboxylic acids is 2. The van der Waals surface area contributed by atoms with E-state index in [1.54, 1.807) is 0 Å². The van der Waals surface area contributed by atoms with Crippen LogP contribution in [0.25, 0.3) is 11.4 Å². The molecule has 27 heavy (non-hydrogen) atoms. The summed E-state index contributed by atoms with van der Waals surface area (Å²) < 4.78 is 0. The predicted octanol–water partition coefficient (Wildman–Crippen LogP) is 2.62. The van der Waals surface area contributed by atoms with E-state index >= 15 is 0 Å². The Labute approximate surface area is 158 Å². The van der Waals surface area contributed by atoms with E-state index in [9.17, 15) is 9.59 Å². The first-order valence-corrected chi connectivity index (χ1v) is 9.50. The highest BCUT2D eigenvalue weighted by atomic mass is 16.2. The smallest absolute Gasteiger partial charge is 0.321 e. The first kappa shape index (κ1) is 19.0. The summed E-state index contributed by atoms with van der Waals surface area (Å²) >= 11 is 0. The number of hydrogen-bond acceptors (Lipinski definition) is 5. The molecule has 8 heteroatoms. The molecule has 0 spiro atoms. The number of amides is 3. The van der Waals surface area contributed by atoms with Gasteiger partial charge in [0, 0.05) is 11.6 Å². The maximum Gasteiger partial charge on any atom is 0.321 e. The highest BCUT2D eigenvalue weighted by Gasteiger charge is 2.17. The van der Waals surface area contributed by atoms with Gasteiger partial charge in [-0.25, -0.2) is 4.79 Å². The van der Waals surface area contributed by atoms with Gasteiger partial charge in [0.1, 0.15) is 6.54 Å². The number of aromatic nitrogens is 4. The van der Waals surface area contributed by atoms with E-state index in [4.69, 9.17) is 0 Å². The van der Waals surface area contributed by atoms with Crippen molar-refractivity contribution in [3.63, 3.8) is 0 Å². The summed E-state index contributed by atoms with van der Waals surface area (Å²) in [7, 11) is 0. The highest BCUT2D eigenvalue weighted by Crippen LogP contribution is 2.19. The molecule has 3 amide bonds. The second kappa shape index (κ2) is 8.75. The summed E-state index contributed by atoms with van der Waals surface area (Å²) in [6, 6.07) is 7.63. The van der Waals surface area contributed by atoms with Gasteiger partial charge in [0.25, 0.3) is 5.91 Å². The van der Waals surface area contributed by atoms with Crippen LogP contribution in [0.3, 0.4) is 0 Å². The number of nitrogens with zero attached hydrogens (tertiary/aromatic N) is 4. The molecule has 1 heterocycles. The third-order valence-electron chi connectivity index (χ3n) is 4.77. The van der Waals surface area contributed by atoms with Gasteiger partial charge >= 0.3 is 6.03 Å². The van der Waals surface area contributed by atoms with Gasteiger partial charge in [-0.3, -0.25) is 10.1 Å². The first-order chi connectivity index (χ1) is 13.0. The predicted molar refractivity (Wildman–Crippen MR) is 101 cm³/mol. The van der Waals surface area contributed by atoms with Crippen molar-refractivity contribution in [3.05, 3.63) is 29.8 Å². The van der Waals surface area contributed by atoms with Crippen molar-refractivity contribution in [1.29, 1.82) is 0 Å². The fourth-order valence-electron chi connectivity index (χ4n) is 3.21. The Bertz CT molecular complexity index is 778. The molecular formula is C19H26N6O2. The molecule has 0 bridgehead atoms. The van der Waals surface area contributed by atoms with E-state index < -0.39 is 11.9 Å². The summed E-state index contributed by atoms with van der Waals surface area (Å²) in [5.74, 6) is 0.429. The Hall–Kier alpha value is -2.77. The largest absolute Gasteiger partial charge is 0.335 e. The minimum atomic E-state index is -0.470. The third-order valence-corrected chi connectivity index (χ3v) is 4.77. The van der Waals surface area contributed by atoms with Gasteiger partial charge in [0.2, 0.25) is 5.82 Å². The molecule has 1 aliphatic carbocycles. The topological polar surface area (TPSA) is 102 Å². The first-order valence-electron chi connectivity index (χ1n) is 9.50. The van der Waals surface area contributed by atoms with Crippen molar-refractivity contribution < 1.29 is 9.59 Å². The van der Waals surface area contributed by atoms with Gasteiger partial charge in [0.05, 0.1) is 0 Å². The van der Waals surface area contributed by atoms with Gasteiger partial charge in [-0.05, 0) is 29.5 Å². The maximum atomic E-state index is 12.0. The number of urea groups is 1. The molecular weight excluding hydrogens is 344 g/mol. The molecule has 1 aromatic heterocycles. The molecule has 1 aliphatic rings. The number of imide groups is 1. The zero-order chi connectivity index (χ0) is 19.2. The van der Waals surface area contributed by atoms with Crippen molar-refractivity contribution in [2.75, 3.05) is 0 Å². The Kier molecular flexibility index (Phi) is 6.16. The van der Waals surface area contributed by atoms with Crippen LogP contribution >= 0.6 is 0 Å². The van der Waals surface area contributed by atoms with Crippen LogP contribution in [0.5, 0.6) is 0 Å². The van der Waals surface area contributed by atoms with Crippen molar-refractivity contribution >= 4 is 11.9 Å². The maximum absolute atomic E-state index is 12.0. The number of nitrogens with one attached hydrogen (secondary N) is 2. The van der Waals surface area contributed by atoms with Gasteiger partial charge in [-0.1, -0.05) is 57.4 Å². The molecule has 1 saturated carbocycles. The molecule has 2 aromatic rings. The van der Waals surface area contributed by atoms with E-state index in [0.29, 0.717) is 11.7 Å². The third kappa shape index (κ3) is 5.35. The lowest BCUT2D eigenvalue weighted by Crippen LogP contribution is -2.46. The minimum absolute atomic E-state index is 0.149. The average molecular weight is 370 g/mol. The minimum Gasteiger partial charge on any atom is -0.335 e. The molecule has 8 nitrogen and oxygen atoms in total. The van der Waals surface area contributed by atoms with E-state index in [1.165, 1.54) is 16.8 Å². The fourth-order valence-corrected chi connectivity index (χ4v) is 3.21. The molecule has 0 unspecified atom stereocenters. The summed E-state index contributed by atoms with van der Waals surface area (Å²) in [6.07, 6.45) is 5.36. The Morgan fingerprint density at radius 3 is 2.52 bits per heavy atom. The normalized spacial score (nSPS) is 14.9. The summed E-state index contributed by atoms with van der Waals surface area (Å²) in [5, 5.41) is 17.3. The quantitative estimate of drug-likeness (QED) is 0.842. The Balaban J connectivity index is 1.52. The van der Waals surface area contributed by atoms with E-state index in [0.717, 1.165) is 31.2 Å². The Morgan fingerprint density at radius 1 is 1.15 bits per heavy atom.